The second-order valence-electron chi connectivity index (χ2n) is 5.92. The summed E-state index contributed by atoms with van der Waals surface area (Å²) in [4.78, 5) is 2.28. The van der Waals surface area contributed by atoms with E-state index in [1.165, 1.54) is 12.1 Å². The third kappa shape index (κ3) is 3.58. The summed E-state index contributed by atoms with van der Waals surface area (Å²) in [5.74, 6) is 0. The average Bonchev–Trinajstić information content (AvgIpc) is 2.45. The molecular weight excluding hydrogens is 277 g/mol. The molecule has 2 nitrogen and oxygen atoms in total. The number of hydrogen-bond acceptors (Lipinski definition) is 2. The summed E-state index contributed by atoms with van der Waals surface area (Å²) in [5.41, 5.74) is 5.97. The van der Waals surface area contributed by atoms with E-state index in [9.17, 15) is 13.2 Å². The van der Waals surface area contributed by atoms with Crippen LogP contribution in [0.3, 0.4) is 0 Å². The van der Waals surface area contributed by atoms with Crippen molar-refractivity contribution >= 4 is 0 Å². The lowest BCUT2D eigenvalue weighted by atomic mass is 9.92. The first-order valence-electron chi connectivity index (χ1n) is 7.49. The van der Waals surface area contributed by atoms with E-state index in [1.807, 2.05) is 6.92 Å². The van der Waals surface area contributed by atoms with E-state index < -0.39 is 11.7 Å². The first-order chi connectivity index (χ1) is 9.84. The van der Waals surface area contributed by atoms with E-state index in [-0.39, 0.29) is 12.1 Å². The van der Waals surface area contributed by atoms with Crippen molar-refractivity contribution in [2.75, 3.05) is 6.54 Å². The maximum atomic E-state index is 12.9. The van der Waals surface area contributed by atoms with Crippen LogP contribution >= 0.6 is 0 Å². The molecule has 2 N–H and O–H groups in total. The molecule has 1 aliphatic rings. The van der Waals surface area contributed by atoms with Crippen molar-refractivity contribution in [3.8, 4) is 0 Å². The largest absolute Gasteiger partial charge is 0.416 e. The standard InChI is InChI=1S/C16H23F3N2/c1-11-5-3-8-15(10-20)21(11)12(2)13-6-4-7-14(9-13)16(17,18)19/h4,6-7,9,11-12,15H,3,5,8,10,20H2,1-2H3. The van der Waals surface area contributed by atoms with Crippen molar-refractivity contribution in [2.45, 2.75) is 57.4 Å². The fourth-order valence-corrected chi connectivity index (χ4v) is 3.39. The number of likely N-dealkylation sites (tertiary alicyclic amines) is 1. The van der Waals surface area contributed by atoms with E-state index in [0.29, 0.717) is 18.2 Å². The predicted molar refractivity (Wildman–Crippen MR) is 77.9 cm³/mol. The molecule has 1 fully saturated rings. The molecule has 5 heteroatoms. The van der Waals surface area contributed by atoms with E-state index in [1.54, 1.807) is 6.07 Å². The minimum absolute atomic E-state index is 0.0591. The molecule has 1 saturated heterocycles. The van der Waals surface area contributed by atoms with Gasteiger partial charge in [-0.05, 0) is 44.4 Å². The smallest absolute Gasteiger partial charge is 0.329 e. The summed E-state index contributed by atoms with van der Waals surface area (Å²) in [6, 6.07) is 6.18. The zero-order valence-electron chi connectivity index (χ0n) is 12.5. The molecule has 1 heterocycles. The number of benzene rings is 1. The van der Waals surface area contributed by atoms with Crippen LogP contribution in [0.2, 0.25) is 0 Å². The number of hydrogen-bond donors (Lipinski definition) is 1. The zero-order chi connectivity index (χ0) is 15.6. The average molecular weight is 300 g/mol. The molecule has 0 aliphatic carbocycles. The second kappa shape index (κ2) is 6.36. The molecule has 0 spiro atoms. The van der Waals surface area contributed by atoms with Gasteiger partial charge in [0.15, 0.2) is 0 Å². The Morgan fingerprint density at radius 3 is 2.67 bits per heavy atom. The highest BCUT2D eigenvalue weighted by molar-refractivity contribution is 5.28. The van der Waals surface area contributed by atoms with E-state index in [2.05, 4.69) is 11.8 Å². The van der Waals surface area contributed by atoms with E-state index in [0.717, 1.165) is 25.3 Å². The Bertz CT molecular complexity index is 473. The number of piperidine rings is 1. The van der Waals surface area contributed by atoms with Gasteiger partial charge >= 0.3 is 6.18 Å². The van der Waals surface area contributed by atoms with Gasteiger partial charge in [0.1, 0.15) is 0 Å². The monoisotopic (exact) mass is 300 g/mol. The van der Waals surface area contributed by atoms with Crippen molar-refractivity contribution in [1.82, 2.24) is 4.90 Å². The van der Waals surface area contributed by atoms with Crippen LogP contribution in [0.4, 0.5) is 13.2 Å². The predicted octanol–water partition coefficient (Wildman–Crippen LogP) is 3.97. The van der Waals surface area contributed by atoms with Crippen LogP contribution in [0.1, 0.15) is 50.3 Å². The molecule has 1 aromatic carbocycles. The van der Waals surface area contributed by atoms with Gasteiger partial charge in [0, 0.05) is 24.7 Å². The Hall–Kier alpha value is -1.07. The Kier molecular flexibility index (Phi) is 4.94. The molecule has 21 heavy (non-hydrogen) atoms. The maximum Gasteiger partial charge on any atom is 0.416 e. The summed E-state index contributed by atoms with van der Waals surface area (Å²) >= 11 is 0. The van der Waals surface area contributed by atoms with Gasteiger partial charge in [-0.15, -0.1) is 0 Å². The normalized spacial score (nSPS) is 25.8. The summed E-state index contributed by atoms with van der Waals surface area (Å²) < 4.78 is 38.6. The quantitative estimate of drug-likeness (QED) is 0.915. The molecule has 3 unspecified atom stereocenters. The topological polar surface area (TPSA) is 29.3 Å². The Morgan fingerprint density at radius 2 is 2.05 bits per heavy atom. The van der Waals surface area contributed by atoms with Gasteiger partial charge in [-0.25, -0.2) is 0 Å². The molecule has 1 aromatic rings. The number of halogens is 3. The number of rotatable bonds is 3. The van der Waals surface area contributed by atoms with Crippen LogP contribution in [-0.2, 0) is 6.18 Å². The summed E-state index contributed by atoms with van der Waals surface area (Å²) in [7, 11) is 0. The van der Waals surface area contributed by atoms with Crippen molar-refractivity contribution in [3.63, 3.8) is 0 Å². The third-order valence-corrected chi connectivity index (χ3v) is 4.51. The molecule has 2 rings (SSSR count). The molecule has 0 aromatic heterocycles. The highest BCUT2D eigenvalue weighted by atomic mass is 19.4. The molecule has 118 valence electrons. The fourth-order valence-electron chi connectivity index (χ4n) is 3.39. The van der Waals surface area contributed by atoms with Crippen molar-refractivity contribution in [2.24, 2.45) is 5.73 Å². The first kappa shape index (κ1) is 16.3. The van der Waals surface area contributed by atoms with Crippen LogP contribution in [0, 0.1) is 0 Å². The van der Waals surface area contributed by atoms with Crippen LogP contribution < -0.4 is 5.73 Å². The minimum atomic E-state index is -4.30. The van der Waals surface area contributed by atoms with Crippen LogP contribution in [0.5, 0.6) is 0 Å². The van der Waals surface area contributed by atoms with Crippen molar-refractivity contribution < 1.29 is 13.2 Å². The second-order valence-corrected chi connectivity index (χ2v) is 5.92. The Labute approximate surface area is 124 Å². The van der Waals surface area contributed by atoms with Crippen LogP contribution in [-0.4, -0.2) is 23.5 Å². The first-order valence-corrected chi connectivity index (χ1v) is 7.49. The number of nitrogens with two attached hydrogens (primary N) is 1. The third-order valence-electron chi connectivity index (χ3n) is 4.51. The van der Waals surface area contributed by atoms with Gasteiger partial charge < -0.3 is 5.73 Å². The summed E-state index contributed by atoms with van der Waals surface area (Å²) in [6.07, 6.45) is -1.07. The van der Waals surface area contributed by atoms with Crippen LogP contribution in [0.25, 0.3) is 0 Å². The molecule has 3 atom stereocenters. The van der Waals surface area contributed by atoms with E-state index >= 15 is 0 Å². The minimum Gasteiger partial charge on any atom is -0.329 e. The molecular formula is C16H23F3N2. The van der Waals surface area contributed by atoms with E-state index in [4.69, 9.17) is 5.73 Å². The SMILES string of the molecule is CC1CCCC(CN)N1C(C)c1cccc(C(F)(F)F)c1. The number of nitrogens with zero attached hydrogens (tertiary/aromatic N) is 1. The summed E-state index contributed by atoms with van der Waals surface area (Å²) in [6.45, 7) is 4.65. The van der Waals surface area contributed by atoms with Gasteiger partial charge in [-0.3, -0.25) is 4.90 Å². The lowest BCUT2D eigenvalue weighted by molar-refractivity contribution is -0.137. The Morgan fingerprint density at radius 1 is 1.33 bits per heavy atom. The fraction of sp³-hybridized carbons (Fsp3) is 0.625. The molecule has 1 aliphatic heterocycles. The van der Waals surface area contributed by atoms with Gasteiger partial charge in [-0.1, -0.05) is 18.6 Å². The zero-order valence-corrected chi connectivity index (χ0v) is 12.5. The van der Waals surface area contributed by atoms with Gasteiger partial charge in [-0.2, -0.15) is 13.2 Å². The molecule has 0 amide bonds. The van der Waals surface area contributed by atoms with Gasteiger partial charge in [0.25, 0.3) is 0 Å². The Balaban J connectivity index is 2.27. The molecule has 0 saturated carbocycles. The lowest BCUT2D eigenvalue weighted by Crippen LogP contribution is -2.49. The highest BCUT2D eigenvalue weighted by Crippen LogP contribution is 2.35. The van der Waals surface area contributed by atoms with Gasteiger partial charge in [0.2, 0.25) is 0 Å². The highest BCUT2D eigenvalue weighted by Gasteiger charge is 2.34. The lowest BCUT2D eigenvalue weighted by Gasteiger charge is -2.44. The summed E-state index contributed by atoms with van der Waals surface area (Å²) in [5, 5.41) is 0. The van der Waals surface area contributed by atoms with Gasteiger partial charge in [0.05, 0.1) is 5.56 Å². The molecule has 0 radical (unpaired) electrons. The van der Waals surface area contributed by atoms with Crippen molar-refractivity contribution in [3.05, 3.63) is 35.4 Å². The van der Waals surface area contributed by atoms with Crippen molar-refractivity contribution in [1.29, 1.82) is 0 Å². The maximum absolute atomic E-state index is 12.9. The van der Waals surface area contributed by atoms with Crippen LogP contribution in [0.15, 0.2) is 24.3 Å². The number of alkyl halides is 3. The molecule has 0 bridgehead atoms.